The number of aryl methyl sites for hydroxylation is 1. The van der Waals surface area contributed by atoms with Crippen molar-refractivity contribution in [3.05, 3.63) is 81.0 Å². The van der Waals surface area contributed by atoms with E-state index in [-0.39, 0.29) is 36.0 Å². The first kappa shape index (κ1) is 22.8. The summed E-state index contributed by atoms with van der Waals surface area (Å²) in [4.78, 5) is 31.3. The maximum Gasteiger partial charge on any atom is 0.329 e. The van der Waals surface area contributed by atoms with E-state index in [9.17, 15) is 19.8 Å². The van der Waals surface area contributed by atoms with Crippen LogP contribution in [-0.4, -0.2) is 47.7 Å². The summed E-state index contributed by atoms with van der Waals surface area (Å²) in [6.07, 6.45) is -1.00. The Morgan fingerprint density at radius 3 is 2.62 bits per heavy atom. The number of aromatic nitrogens is 4. The van der Waals surface area contributed by atoms with Crippen molar-refractivity contribution >= 4 is 22.8 Å². The Balaban J connectivity index is 1.67. The standard InChI is InChI=1S/C23H24N6O5/c1-14(17-10-6-7-11-18(17)31)26-27-22-24-20-19(21(32)25-23(33)28(20)2)29(22)12-15(30)13-34-16-8-4-3-5-9-16/h3-11,15,30-31H,12-13H2,1-2H3,(H,24,27)(H,25,32,33). The van der Waals surface area contributed by atoms with Crippen LogP contribution >= 0.6 is 0 Å². The fraction of sp³-hybridized carbons (Fsp3) is 0.217. The molecular weight excluding hydrogens is 440 g/mol. The molecule has 0 bridgehead atoms. The molecule has 0 fully saturated rings. The fourth-order valence-corrected chi connectivity index (χ4v) is 3.44. The molecule has 0 saturated heterocycles. The lowest BCUT2D eigenvalue weighted by atomic mass is 10.1. The summed E-state index contributed by atoms with van der Waals surface area (Å²) in [5.74, 6) is 0.792. The SMILES string of the molecule is CC(=NNc1nc2c(c(=O)[nH]c(=O)n2C)n1CC(O)COc1ccccc1)c1ccccc1O. The number of hydrogen-bond donors (Lipinski definition) is 4. The van der Waals surface area contributed by atoms with E-state index in [1.165, 1.54) is 16.2 Å². The Labute approximate surface area is 193 Å². The average Bonchev–Trinajstić information content (AvgIpc) is 3.19. The number of aromatic hydroxyl groups is 1. The van der Waals surface area contributed by atoms with Gasteiger partial charge in [0.15, 0.2) is 11.2 Å². The molecule has 2 heterocycles. The lowest BCUT2D eigenvalue weighted by Crippen LogP contribution is -2.30. The summed E-state index contributed by atoms with van der Waals surface area (Å²) in [6, 6.07) is 15.7. The molecule has 1 atom stereocenters. The van der Waals surface area contributed by atoms with Crippen molar-refractivity contribution in [2.75, 3.05) is 12.0 Å². The highest BCUT2D eigenvalue weighted by molar-refractivity contribution is 6.01. The highest BCUT2D eigenvalue weighted by Crippen LogP contribution is 2.19. The van der Waals surface area contributed by atoms with Crippen LogP contribution in [0.1, 0.15) is 12.5 Å². The maximum absolute atomic E-state index is 12.6. The number of nitrogens with zero attached hydrogens (tertiary/aromatic N) is 4. The third-order valence-corrected chi connectivity index (χ3v) is 5.20. The van der Waals surface area contributed by atoms with Crippen molar-refractivity contribution in [2.45, 2.75) is 19.6 Å². The number of rotatable bonds is 8. The zero-order valence-electron chi connectivity index (χ0n) is 18.6. The smallest absolute Gasteiger partial charge is 0.329 e. The van der Waals surface area contributed by atoms with Crippen LogP contribution in [0.5, 0.6) is 11.5 Å². The van der Waals surface area contributed by atoms with Crippen molar-refractivity contribution in [1.29, 1.82) is 0 Å². The number of H-pyrrole nitrogens is 1. The van der Waals surface area contributed by atoms with Gasteiger partial charge < -0.3 is 19.5 Å². The lowest BCUT2D eigenvalue weighted by molar-refractivity contribution is 0.0938. The van der Waals surface area contributed by atoms with Crippen LogP contribution in [0.4, 0.5) is 5.95 Å². The molecule has 0 aliphatic rings. The van der Waals surface area contributed by atoms with Gasteiger partial charge in [0, 0.05) is 12.6 Å². The van der Waals surface area contributed by atoms with Gasteiger partial charge in [0.25, 0.3) is 5.56 Å². The molecule has 4 aromatic rings. The van der Waals surface area contributed by atoms with Gasteiger partial charge >= 0.3 is 5.69 Å². The zero-order chi connectivity index (χ0) is 24.2. The predicted molar refractivity (Wildman–Crippen MR) is 127 cm³/mol. The highest BCUT2D eigenvalue weighted by Gasteiger charge is 2.20. The van der Waals surface area contributed by atoms with E-state index in [4.69, 9.17) is 4.74 Å². The van der Waals surface area contributed by atoms with Crippen molar-refractivity contribution in [1.82, 2.24) is 19.1 Å². The van der Waals surface area contributed by atoms with E-state index in [0.717, 1.165) is 0 Å². The molecular formula is C23H24N6O5. The van der Waals surface area contributed by atoms with Gasteiger partial charge in [-0.1, -0.05) is 30.3 Å². The van der Waals surface area contributed by atoms with Crippen LogP contribution in [0.15, 0.2) is 69.3 Å². The molecule has 1 unspecified atom stereocenters. The predicted octanol–water partition coefficient (Wildman–Crippen LogP) is 1.40. The number of hydrazone groups is 1. The van der Waals surface area contributed by atoms with Crippen molar-refractivity contribution < 1.29 is 14.9 Å². The second kappa shape index (κ2) is 9.63. The number of anilines is 1. The number of aliphatic hydroxyl groups is 1. The summed E-state index contributed by atoms with van der Waals surface area (Å²) in [5, 5.41) is 25.0. The molecule has 11 heteroatoms. The summed E-state index contributed by atoms with van der Waals surface area (Å²) in [6.45, 7) is 1.60. The number of para-hydroxylation sites is 2. The van der Waals surface area contributed by atoms with Crippen LogP contribution < -0.4 is 21.4 Å². The third kappa shape index (κ3) is 4.69. The fourth-order valence-electron chi connectivity index (χ4n) is 3.44. The molecule has 0 radical (unpaired) electrons. The first-order valence-corrected chi connectivity index (χ1v) is 10.5. The molecule has 0 aliphatic heterocycles. The van der Waals surface area contributed by atoms with Gasteiger partial charge in [0.05, 0.1) is 12.3 Å². The molecule has 176 valence electrons. The van der Waals surface area contributed by atoms with Gasteiger partial charge in [0.1, 0.15) is 24.2 Å². The van der Waals surface area contributed by atoms with E-state index >= 15 is 0 Å². The lowest BCUT2D eigenvalue weighted by Gasteiger charge is -2.15. The minimum atomic E-state index is -1.00. The molecule has 4 N–H and O–H groups in total. The third-order valence-electron chi connectivity index (χ3n) is 5.20. The number of imidazole rings is 1. The van der Waals surface area contributed by atoms with Gasteiger partial charge in [-0.15, -0.1) is 0 Å². The molecule has 34 heavy (non-hydrogen) atoms. The number of aliphatic hydroxyl groups excluding tert-OH is 1. The van der Waals surface area contributed by atoms with Crippen molar-refractivity contribution in [2.24, 2.45) is 12.1 Å². The Morgan fingerprint density at radius 2 is 1.88 bits per heavy atom. The average molecular weight is 464 g/mol. The van der Waals surface area contributed by atoms with E-state index < -0.39 is 17.4 Å². The van der Waals surface area contributed by atoms with Crippen molar-refractivity contribution in [3.63, 3.8) is 0 Å². The number of hydrogen-bond acceptors (Lipinski definition) is 8. The largest absolute Gasteiger partial charge is 0.507 e. The van der Waals surface area contributed by atoms with Crippen LogP contribution in [-0.2, 0) is 13.6 Å². The minimum absolute atomic E-state index is 0.0347. The summed E-state index contributed by atoms with van der Waals surface area (Å²) in [5.41, 5.74) is 2.73. The number of ether oxygens (including phenoxy) is 1. The molecule has 2 aromatic carbocycles. The number of nitrogens with one attached hydrogen (secondary N) is 2. The molecule has 0 amide bonds. The maximum atomic E-state index is 12.6. The summed E-state index contributed by atoms with van der Waals surface area (Å²) in [7, 11) is 1.48. The van der Waals surface area contributed by atoms with E-state index in [0.29, 0.717) is 17.0 Å². The van der Waals surface area contributed by atoms with E-state index in [1.807, 2.05) is 18.2 Å². The minimum Gasteiger partial charge on any atom is -0.507 e. The van der Waals surface area contributed by atoms with Gasteiger partial charge in [-0.05, 0) is 31.2 Å². The first-order valence-electron chi connectivity index (χ1n) is 10.5. The Kier molecular flexibility index (Phi) is 6.46. The molecule has 4 rings (SSSR count). The number of fused-ring (bicyclic) bond motifs is 1. The summed E-state index contributed by atoms with van der Waals surface area (Å²) < 4.78 is 8.25. The van der Waals surface area contributed by atoms with Crippen LogP contribution in [0.2, 0.25) is 0 Å². The quantitative estimate of drug-likeness (QED) is 0.228. The number of benzene rings is 2. The monoisotopic (exact) mass is 464 g/mol. The summed E-state index contributed by atoms with van der Waals surface area (Å²) >= 11 is 0. The number of phenolic OH excluding ortho intramolecular Hbond substituents is 1. The normalized spacial score (nSPS) is 12.6. The van der Waals surface area contributed by atoms with Gasteiger partial charge in [-0.2, -0.15) is 10.1 Å². The topological polar surface area (TPSA) is 147 Å². The van der Waals surface area contributed by atoms with E-state index in [2.05, 4.69) is 20.5 Å². The number of phenols is 1. The zero-order valence-corrected chi connectivity index (χ0v) is 18.6. The first-order chi connectivity index (χ1) is 16.3. The Hall–Kier alpha value is -4.38. The van der Waals surface area contributed by atoms with Crippen LogP contribution in [0.25, 0.3) is 11.2 Å². The van der Waals surface area contributed by atoms with Crippen molar-refractivity contribution in [3.8, 4) is 11.5 Å². The van der Waals surface area contributed by atoms with Gasteiger partial charge in [-0.25, -0.2) is 10.2 Å². The van der Waals surface area contributed by atoms with E-state index in [1.54, 1.807) is 43.3 Å². The molecule has 0 spiro atoms. The Bertz CT molecular complexity index is 1450. The van der Waals surface area contributed by atoms with Gasteiger partial charge in [-0.3, -0.25) is 14.3 Å². The highest BCUT2D eigenvalue weighted by atomic mass is 16.5. The molecule has 0 saturated carbocycles. The molecule has 11 nitrogen and oxygen atoms in total. The Morgan fingerprint density at radius 1 is 1.18 bits per heavy atom. The molecule has 2 aromatic heterocycles. The molecule has 0 aliphatic carbocycles. The second-order valence-corrected chi connectivity index (χ2v) is 7.64. The second-order valence-electron chi connectivity index (χ2n) is 7.64. The van der Waals surface area contributed by atoms with Crippen LogP contribution in [0, 0.1) is 0 Å². The number of aromatic amines is 1. The van der Waals surface area contributed by atoms with Gasteiger partial charge in [0.2, 0.25) is 5.95 Å². The van der Waals surface area contributed by atoms with Crippen LogP contribution in [0.3, 0.4) is 0 Å².